The van der Waals surface area contributed by atoms with Gasteiger partial charge in [-0.3, -0.25) is 9.59 Å². The van der Waals surface area contributed by atoms with Crippen LogP contribution in [0.15, 0.2) is 65.8 Å². The molecule has 0 spiro atoms. The van der Waals surface area contributed by atoms with Crippen LogP contribution in [0.4, 0.5) is 5.69 Å². The molecule has 0 fully saturated rings. The first-order chi connectivity index (χ1) is 16.7. The lowest BCUT2D eigenvalue weighted by atomic mass is 10.1. The van der Waals surface area contributed by atoms with Crippen LogP contribution >= 0.6 is 34.8 Å². The van der Waals surface area contributed by atoms with E-state index in [1.165, 1.54) is 31.4 Å². The third kappa shape index (κ3) is 6.73. The average Bonchev–Trinajstić information content (AvgIpc) is 2.84. The minimum atomic E-state index is -0.993. The second-order valence-corrected chi connectivity index (χ2v) is 8.18. The van der Waals surface area contributed by atoms with Crippen molar-refractivity contribution in [3.63, 3.8) is 0 Å². The van der Waals surface area contributed by atoms with E-state index < -0.39 is 17.8 Å². The summed E-state index contributed by atoms with van der Waals surface area (Å²) in [5.74, 6) is -2.17. The van der Waals surface area contributed by atoms with Gasteiger partial charge in [0, 0.05) is 11.3 Å². The number of hydrogen-bond acceptors (Lipinski definition) is 6. The first-order valence-electron chi connectivity index (χ1n) is 9.95. The Hall–Kier alpha value is -3.59. The molecule has 0 radical (unpaired) electrons. The SMILES string of the molecule is COc1cc(/C(C)=N/NC(=O)C(=O)Nc2ccc(Cl)c(Cl)c2)ccc1OC(=O)c1ccccc1Cl. The third-order valence-electron chi connectivity index (χ3n) is 4.59. The van der Waals surface area contributed by atoms with Crippen LogP contribution in [-0.2, 0) is 9.59 Å². The molecule has 3 aromatic rings. The summed E-state index contributed by atoms with van der Waals surface area (Å²) in [6.07, 6.45) is 0. The number of rotatable bonds is 6. The number of amides is 2. The highest BCUT2D eigenvalue weighted by molar-refractivity contribution is 6.43. The van der Waals surface area contributed by atoms with Gasteiger partial charge in [0.1, 0.15) is 0 Å². The maximum atomic E-state index is 12.4. The van der Waals surface area contributed by atoms with Gasteiger partial charge in [-0.1, -0.05) is 46.9 Å². The molecular formula is C24H18Cl3N3O5. The highest BCUT2D eigenvalue weighted by Crippen LogP contribution is 2.30. The molecule has 0 aromatic heterocycles. The Morgan fingerprint density at radius 3 is 2.26 bits per heavy atom. The number of hydrazone groups is 1. The number of anilines is 1. The Bertz CT molecular complexity index is 1330. The molecule has 0 saturated carbocycles. The number of nitrogens with one attached hydrogen (secondary N) is 2. The quantitative estimate of drug-likeness (QED) is 0.146. The fourth-order valence-corrected chi connectivity index (χ4v) is 3.28. The predicted octanol–water partition coefficient (Wildman–Crippen LogP) is 5.35. The van der Waals surface area contributed by atoms with Crippen LogP contribution < -0.4 is 20.2 Å². The summed E-state index contributed by atoms with van der Waals surface area (Å²) in [5, 5.41) is 7.14. The Kier molecular flexibility index (Phi) is 8.70. The van der Waals surface area contributed by atoms with Crippen molar-refractivity contribution in [2.45, 2.75) is 6.92 Å². The van der Waals surface area contributed by atoms with E-state index in [0.29, 0.717) is 22.0 Å². The molecule has 8 nitrogen and oxygen atoms in total. The van der Waals surface area contributed by atoms with Crippen molar-refractivity contribution in [1.29, 1.82) is 0 Å². The average molecular weight is 535 g/mol. The van der Waals surface area contributed by atoms with Crippen LogP contribution in [0.1, 0.15) is 22.8 Å². The summed E-state index contributed by atoms with van der Waals surface area (Å²) in [6, 6.07) is 15.6. The monoisotopic (exact) mass is 533 g/mol. The first kappa shape index (κ1) is 26.0. The zero-order valence-electron chi connectivity index (χ0n) is 18.4. The highest BCUT2D eigenvalue weighted by Gasteiger charge is 2.17. The maximum Gasteiger partial charge on any atom is 0.345 e. The minimum absolute atomic E-state index is 0.166. The predicted molar refractivity (Wildman–Crippen MR) is 135 cm³/mol. The van der Waals surface area contributed by atoms with Crippen molar-refractivity contribution >= 4 is 64.0 Å². The lowest BCUT2D eigenvalue weighted by Crippen LogP contribution is -2.32. The second-order valence-electron chi connectivity index (χ2n) is 6.96. The highest BCUT2D eigenvalue weighted by atomic mass is 35.5. The molecule has 2 amide bonds. The molecular weight excluding hydrogens is 517 g/mol. The van der Waals surface area contributed by atoms with Crippen LogP contribution in [0.3, 0.4) is 0 Å². The smallest absolute Gasteiger partial charge is 0.345 e. The van der Waals surface area contributed by atoms with Crippen LogP contribution in [0.25, 0.3) is 0 Å². The summed E-state index contributed by atoms with van der Waals surface area (Å²) in [4.78, 5) is 36.7. The van der Waals surface area contributed by atoms with E-state index in [1.54, 1.807) is 43.3 Å². The molecule has 3 aromatic carbocycles. The van der Waals surface area contributed by atoms with Gasteiger partial charge in [0.25, 0.3) is 0 Å². The van der Waals surface area contributed by atoms with Crippen LogP contribution in [0.5, 0.6) is 11.5 Å². The number of methoxy groups -OCH3 is 1. The zero-order valence-corrected chi connectivity index (χ0v) is 20.7. The van der Waals surface area contributed by atoms with Crippen LogP contribution in [-0.4, -0.2) is 30.6 Å². The van der Waals surface area contributed by atoms with E-state index in [9.17, 15) is 14.4 Å². The van der Waals surface area contributed by atoms with Crippen molar-refractivity contribution in [1.82, 2.24) is 5.43 Å². The molecule has 0 aliphatic rings. The number of nitrogens with zero attached hydrogens (tertiary/aromatic N) is 1. The molecule has 3 rings (SSSR count). The van der Waals surface area contributed by atoms with Crippen molar-refractivity contribution in [3.05, 3.63) is 86.9 Å². The maximum absolute atomic E-state index is 12.4. The number of halogens is 3. The van der Waals surface area contributed by atoms with Crippen molar-refractivity contribution in [2.75, 3.05) is 12.4 Å². The molecule has 2 N–H and O–H groups in total. The molecule has 0 saturated heterocycles. The van der Waals surface area contributed by atoms with Gasteiger partial charge >= 0.3 is 17.8 Å². The molecule has 0 bridgehead atoms. The molecule has 35 heavy (non-hydrogen) atoms. The van der Waals surface area contributed by atoms with Gasteiger partial charge in [-0.05, 0) is 55.5 Å². The molecule has 0 aliphatic carbocycles. The van der Waals surface area contributed by atoms with Gasteiger partial charge < -0.3 is 14.8 Å². The number of carbonyl (C=O) groups excluding carboxylic acids is 3. The molecule has 0 heterocycles. The molecule has 0 aliphatic heterocycles. The Balaban J connectivity index is 1.67. The lowest BCUT2D eigenvalue weighted by molar-refractivity contribution is -0.136. The van der Waals surface area contributed by atoms with E-state index in [2.05, 4.69) is 15.8 Å². The van der Waals surface area contributed by atoms with E-state index in [4.69, 9.17) is 44.3 Å². The Morgan fingerprint density at radius 1 is 0.829 bits per heavy atom. The first-order valence-corrected chi connectivity index (χ1v) is 11.1. The number of ether oxygens (including phenoxy) is 2. The van der Waals surface area contributed by atoms with Gasteiger partial charge in [0.05, 0.1) is 33.5 Å². The van der Waals surface area contributed by atoms with Gasteiger partial charge in [0.2, 0.25) is 0 Å². The third-order valence-corrected chi connectivity index (χ3v) is 5.66. The van der Waals surface area contributed by atoms with Gasteiger partial charge in [-0.2, -0.15) is 5.10 Å². The number of carbonyl (C=O) groups is 3. The number of esters is 1. The van der Waals surface area contributed by atoms with Crippen molar-refractivity contribution in [2.24, 2.45) is 5.10 Å². The zero-order chi connectivity index (χ0) is 25.5. The normalized spacial score (nSPS) is 10.9. The fourth-order valence-electron chi connectivity index (χ4n) is 2.77. The van der Waals surface area contributed by atoms with E-state index in [-0.39, 0.29) is 27.1 Å². The lowest BCUT2D eigenvalue weighted by Gasteiger charge is -2.11. The largest absolute Gasteiger partial charge is 0.493 e. The Morgan fingerprint density at radius 2 is 1.57 bits per heavy atom. The van der Waals surface area contributed by atoms with Gasteiger partial charge in [-0.15, -0.1) is 0 Å². The minimum Gasteiger partial charge on any atom is -0.493 e. The van der Waals surface area contributed by atoms with E-state index >= 15 is 0 Å². The molecule has 11 heteroatoms. The standard InChI is InChI=1S/C24H18Cl3N3O5/c1-13(29-30-23(32)22(31)28-15-8-9-18(26)19(27)12-15)14-7-10-20(21(11-14)34-2)35-24(33)16-5-3-4-6-17(16)25/h3-12H,1-2H3,(H,28,31)(H,30,32)/b29-13+. The second kappa shape index (κ2) is 11.7. The van der Waals surface area contributed by atoms with Crippen LogP contribution in [0, 0.1) is 0 Å². The number of hydrogen-bond donors (Lipinski definition) is 2. The van der Waals surface area contributed by atoms with E-state index in [0.717, 1.165) is 0 Å². The van der Waals surface area contributed by atoms with E-state index in [1.807, 2.05) is 0 Å². The number of benzene rings is 3. The van der Waals surface area contributed by atoms with Crippen molar-refractivity contribution < 1.29 is 23.9 Å². The summed E-state index contributed by atoms with van der Waals surface area (Å²) in [6.45, 7) is 1.61. The summed E-state index contributed by atoms with van der Waals surface area (Å²) in [7, 11) is 1.41. The van der Waals surface area contributed by atoms with Crippen molar-refractivity contribution in [3.8, 4) is 11.5 Å². The van der Waals surface area contributed by atoms with Gasteiger partial charge in [-0.25, -0.2) is 10.2 Å². The fraction of sp³-hybridized carbons (Fsp3) is 0.0833. The van der Waals surface area contributed by atoms with Gasteiger partial charge in [0.15, 0.2) is 11.5 Å². The summed E-state index contributed by atoms with van der Waals surface area (Å²) >= 11 is 17.8. The summed E-state index contributed by atoms with van der Waals surface area (Å²) < 4.78 is 10.7. The molecule has 0 atom stereocenters. The molecule has 0 unspecified atom stereocenters. The Labute approximate surface area is 215 Å². The molecule has 180 valence electrons. The van der Waals surface area contributed by atoms with Crippen LogP contribution in [0.2, 0.25) is 15.1 Å². The topological polar surface area (TPSA) is 106 Å². The summed E-state index contributed by atoms with van der Waals surface area (Å²) in [5.41, 5.74) is 3.59.